The molecule has 0 aliphatic heterocycles. The summed E-state index contributed by atoms with van der Waals surface area (Å²) in [6, 6.07) is 7.43. The zero-order valence-electron chi connectivity index (χ0n) is 12.1. The molecular weight excluding hydrogens is 248 g/mol. The molecule has 0 saturated heterocycles. The largest absolute Gasteiger partial charge is 0.508 e. The smallest absolute Gasteiger partial charge is 0.115 e. The van der Waals surface area contributed by atoms with Crippen LogP contribution in [0.3, 0.4) is 0 Å². The van der Waals surface area contributed by atoms with Gasteiger partial charge in [0.05, 0.1) is 0 Å². The summed E-state index contributed by atoms with van der Waals surface area (Å²) in [5, 5.41) is 18.9. The van der Waals surface area contributed by atoms with Gasteiger partial charge in [0.15, 0.2) is 0 Å². The number of hydrogen-bond acceptors (Lipinski definition) is 2. The van der Waals surface area contributed by atoms with Gasteiger partial charge in [-0.05, 0) is 54.7 Å². The van der Waals surface area contributed by atoms with E-state index in [0.717, 1.165) is 19.3 Å². The van der Waals surface area contributed by atoms with E-state index in [-0.39, 0.29) is 0 Å². The molecule has 1 atom stereocenters. The lowest BCUT2D eigenvalue weighted by atomic mass is 9.84. The Balaban J connectivity index is 2.38. The molecule has 1 aliphatic carbocycles. The van der Waals surface area contributed by atoms with E-state index in [1.165, 1.54) is 16.7 Å². The van der Waals surface area contributed by atoms with Gasteiger partial charge in [-0.25, -0.2) is 0 Å². The van der Waals surface area contributed by atoms with E-state index < -0.39 is 0 Å². The molecule has 0 heterocycles. The van der Waals surface area contributed by atoms with Gasteiger partial charge in [-0.15, -0.1) is 0 Å². The fraction of sp³-hybridized carbons (Fsp3) is 0.333. The summed E-state index contributed by atoms with van der Waals surface area (Å²) >= 11 is 0. The zero-order chi connectivity index (χ0) is 14.5. The number of benzene rings is 1. The van der Waals surface area contributed by atoms with Crippen molar-refractivity contribution in [2.24, 2.45) is 5.92 Å². The van der Waals surface area contributed by atoms with Crippen molar-refractivity contribution in [1.82, 2.24) is 0 Å². The van der Waals surface area contributed by atoms with Crippen LogP contribution in [-0.4, -0.2) is 10.2 Å². The van der Waals surface area contributed by atoms with Crippen LogP contribution in [0.5, 0.6) is 5.75 Å². The highest BCUT2D eigenvalue weighted by Gasteiger charge is 2.16. The summed E-state index contributed by atoms with van der Waals surface area (Å²) in [5.74, 6) is 1.02. The Kier molecular flexibility index (Phi) is 4.67. The first-order valence-corrected chi connectivity index (χ1v) is 7.24. The summed E-state index contributed by atoms with van der Waals surface area (Å²) in [7, 11) is 0. The molecule has 2 nitrogen and oxygen atoms in total. The normalized spacial score (nSPS) is 19.5. The molecule has 1 aromatic carbocycles. The van der Waals surface area contributed by atoms with Crippen LogP contribution in [-0.2, 0) is 0 Å². The lowest BCUT2D eigenvalue weighted by Crippen LogP contribution is -2.06. The van der Waals surface area contributed by atoms with E-state index in [0.29, 0.717) is 17.4 Å². The minimum atomic E-state index is 0.299. The van der Waals surface area contributed by atoms with Gasteiger partial charge in [0.25, 0.3) is 0 Å². The quantitative estimate of drug-likeness (QED) is 0.809. The molecule has 2 rings (SSSR count). The molecule has 2 N–H and O–H groups in total. The summed E-state index contributed by atoms with van der Waals surface area (Å²) < 4.78 is 0. The van der Waals surface area contributed by atoms with Crippen molar-refractivity contribution in [2.75, 3.05) is 0 Å². The SMILES string of the molecule is CCC(=C(CC)C1C=CC(O)=CC1)c1ccc(O)cc1. The lowest BCUT2D eigenvalue weighted by Gasteiger charge is -2.22. The van der Waals surface area contributed by atoms with Crippen molar-refractivity contribution in [1.29, 1.82) is 0 Å². The molecule has 20 heavy (non-hydrogen) atoms. The second-order valence-electron chi connectivity index (χ2n) is 5.09. The topological polar surface area (TPSA) is 40.5 Å². The van der Waals surface area contributed by atoms with Gasteiger partial charge in [0.2, 0.25) is 0 Å². The van der Waals surface area contributed by atoms with Crippen LogP contribution in [0, 0.1) is 5.92 Å². The van der Waals surface area contributed by atoms with Crippen molar-refractivity contribution in [3.63, 3.8) is 0 Å². The first-order valence-electron chi connectivity index (χ1n) is 7.24. The van der Waals surface area contributed by atoms with Gasteiger partial charge in [-0.2, -0.15) is 0 Å². The molecule has 0 aromatic heterocycles. The number of aliphatic hydroxyl groups excluding tert-OH is 1. The maximum absolute atomic E-state index is 9.46. The minimum Gasteiger partial charge on any atom is -0.508 e. The second-order valence-corrected chi connectivity index (χ2v) is 5.09. The average molecular weight is 270 g/mol. The Morgan fingerprint density at radius 2 is 1.80 bits per heavy atom. The molecule has 0 fully saturated rings. The Morgan fingerprint density at radius 3 is 2.30 bits per heavy atom. The Morgan fingerprint density at radius 1 is 1.10 bits per heavy atom. The van der Waals surface area contributed by atoms with Crippen LogP contribution in [0.1, 0.15) is 38.7 Å². The fourth-order valence-electron chi connectivity index (χ4n) is 2.85. The van der Waals surface area contributed by atoms with E-state index in [1.807, 2.05) is 18.2 Å². The molecule has 0 saturated carbocycles. The highest BCUT2D eigenvalue weighted by atomic mass is 16.3. The number of aromatic hydroxyl groups is 1. The molecule has 1 aliphatic rings. The van der Waals surface area contributed by atoms with Crippen LogP contribution in [0.2, 0.25) is 0 Å². The molecule has 2 heteroatoms. The summed E-state index contributed by atoms with van der Waals surface area (Å²) in [4.78, 5) is 0. The third-order valence-corrected chi connectivity index (χ3v) is 3.87. The molecule has 1 aromatic rings. The van der Waals surface area contributed by atoms with Crippen LogP contribution >= 0.6 is 0 Å². The first-order chi connectivity index (χ1) is 9.65. The Bertz CT molecular complexity index is 547. The van der Waals surface area contributed by atoms with Crippen molar-refractivity contribution < 1.29 is 10.2 Å². The molecule has 0 bridgehead atoms. The van der Waals surface area contributed by atoms with Crippen LogP contribution in [0.25, 0.3) is 5.57 Å². The molecule has 106 valence electrons. The van der Waals surface area contributed by atoms with Crippen LogP contribution in [0.15, 0.2) is 53.8 Å². The number of phenolic OH excluding ortho intramolecular Hbond substituents is 1. The van der Waals surface area contributed by atoms with E-state index in [2.05, 4.69) is 19.9 Å². The summed E-state index contributed by atoms with van der Waals surface area (Å²) in [6.45, 7) is 4.34. The van der Waals surface area contributed by atoms with E-state index >= 15 is 0 Å². The Hall–Kier alpha value is -1.96. The maximum Gasteiger partial charge on any atom is 0.115 e. The van der Waals surface area contributed by atoms with Gasteiger partial charge in [-0.3, -0.25) is 0 Å². The molecule has 0 spiro atoms. The third-order valence-electron chi connectivity index (χ3n) is 3.87. The molecule has 0 radical (unpaired) electrons. The number of phenols is 1. The van der Waals surface area contributed by atoms with Crippen molar-refractivity contribution in [3.05, 3.63) is 59.4 Å². The first kappa shape index (κ1) is 14.4. The lowest BCUT2D eigenvalue weighted by molar-refractivity contribution is 0.423. The predicted octanol–water partition coefficient (Wildman–Crippen LogP) is 4.98. The van der Waals surface area contributed by atoms with Gasteiger partial charge in [0, 0.05) is 5.92 Å². The monoisotopic (exact) mass is 270 g/mol. The number of rotatable bonds is 4. The van der Waals surface area contributed by atoms with Gasteiger partial charge >= 0.3 is 0 Å². The molecule has 1 unspecified atom stereocenters. The fourth-order valence-corrected chi connectivity index (χ4v) is 2.85. The Labute approximate surface area is 120 Å². The maximum atomic E-state index is 9.46. The second kappa shape index (κ2) is 6.47. The van der Waals surface area contributed by atoms with E-state index in [4.69, 9.17) is 0 Å². The van der Waals surface area contributed by atoms with E-state index in [9.17, 15) is 10.2 Å². The van der Waals surface area contributed by atoms with Crippen LogP contribution in [0.4, 0.5) is 0 Å². The van der Waals surface area contributed by atoms with Gasteiger partial charge in [0.1, 0.15) is 11.5 Å². The predicted molar refractivity (Wildman–Crippen MR) is 83.6 cm³/mol. The van der Waals surface area contributed by atoms with E-state index in [1.54, 1.807) is 18.2 Å². The van der Waals surface area contributed by atoms with Crippen LogP contribution < -0.4 is 0 Å². The highest BCUT2D eigenvalue weighted by molar-refractivity contribution is 5.70. The standard InChI is InChI=1S/C18H22O2/c1-3-17(13-5-9-15(19)10-6-13)18(4-2)14-7-11-16(20)12-8-14/h5-7,9-12,14,19-20H,3-4,8H2,1-2H3. The van der Waals surface area contributed by atoms with Crippen molar-refractivity contribution >= 4 is 5.57 Å². The van der Waals surface area contributed by atoms with Gasteiger partial charge < -0.3 is 10.2 Å². The summed E-state index contributed by atoms with van der Waals surface area (Å²) in [6.07, 6.45) is 8.57. The van der Waals surface area contributed by atoms with Crippen molar-refractivity contribution in [3.8, 4) is 5.75 Å². The van der Waals surface area contributed by atoms with Crippen molar-refractivity contribution in [2.45, 2.75) is 33.1 Å². The average Bonchev–Trinajstić information content (AvgIpc) is 2.47. The molecular formula is C18H22O2. The zero-order valence-corrected chi connectivity index (χ0v) is 12.1. The number of hydrogen-bond donors (Lipinski definition) is 2. The number of aliphatic hydroxyl groups is 1. The highest BCUT2D eigenvalue weighted by Crippen LogP contribution is 2.34. The summed E-state index contributed by atoms with van der Waals surface area (Å²) in [5.41, 5.74) is 3.93. The molecule has 0 amide bonds. The third kappa shape index (κ3) is 3.13. The number of allylic oxidation sites excluding steroid dienone is 5. The minimum absolute atomic E-state index is 0.299. The van der Waals surface area contributed by atoms with Gasteiger partial charge in [-0.1, -0.05) is 37.6 Å².